The van der Waals surface area contributed by atoms with Gasteiger partial charge >= 0.3 is 5.97 Å². The van der Waals surface area contributed by atoms with E-state index >= 15 is 0 Å². The normalized spacial score (nSPS) is 18.5. The fourth-order valence-electron chi connectivity index (χ4n) is 2.12. The molecule has 1 heterocycles. The topological polar surface area (TPSA) is 76.1 Å². The Kier molecular flexibility index (Phi) is 5.11. The fourth-order valence-corrected chi connectivity index (χ4v) is 2.12. The number of halogens is 1. The molecule has 0 saturated carbocycles. The number of carboxylic acids is 1. The van der Waals surface area contributed by atoms with E-state index in [9.17, 15) is 14.0 Å². The summed E-state index contributed by atoms with van der Waals surface area (Å²) < 4.78 is 23.4. The first-order chi connectivity index (χ1) is 10.5. The van der Waals surface area contributed by atoms with Gasteiger partial charge in [-0.25, -0.2) is 9.18 Å². The van der Waals surface area contributed by atoms with Gasteiger partial charge in [-0.2, -0.15) is 0 Å². The molecule has 1 fully saturated rings. The Hall–Kier alpha value is -2.41. The third-order valence-electron chi connectivity index (χ3n) is 3.29. The third kappa shape index (κ3) is 3.62. The summed E-state index contributed by atoms with van der Waals surface area (Å²) in [6, 6.07) is 3.28. The van der Waals surface area contributed by atoms with Crippen LogP contribution in [0, 0.1) is 5.82 Å². The molecule has 0 bridgehead atoms. The molecule has 0 aliphatic carbocycles. The number of carbonyl (C=O) groups excluding carboxylic acids is 1. The SMILES string of the molecule is COc1ccc(C=CC(=O)N2CCOCC2C(=O)O)cc1F. The van der Waals surface area contributed by atoms with E-state index in [0.29, 0.717) is 12.2 Å². The van der Waals surface area contributed by atoms with E-state index in [-0.39, 0.29) is 18.9 Å². The highest BCUT2D eigenvalue weighted by Gasteiger charge is 2.31. The molecule has 7 heteroatoms. The van der Waals surface area contributed by atoms with Gasteiger partial charge in [-0.05, 0) is 23.8 Å². The number of rotatable bonds is 4. The van der Waals surface area contributed by atoms with Crippen molar-refractivity contribution in [2.24, 2.45) is 0 Å². The molecule has 1 saturated heterocycles. The summed E-state index contributed by atoms with van der Waals surface area (Å²) in [5.41, 5.74) is 0.479. The van der Waals surface area contributed by atoms with E-state index in [1.54, 1.807) is 6.07 Å². The van der Waals surface area contributed by atoms with Crippen LogP contribution in [0.1, 0.15) is 5.56 Å². The Labute approximate surface area is 126 Å². The number of amides is 1. The van der Waals surface area contributed by atoms with Crippen LogP contribution in [-0.4, -0.2) is 54.8 Å². The molecule has 0 spiro atoms. The van der Waals surface area contributed by atoms with Gasteiger partial charge in [0.2, 0.25) is 5.91 Å². The van der Waals surface area contributed by atoms with Gasteiger partial charge in [0.25, 0.3) is 0 Å². The third-order valence-corrected chi connectivity index (χ3v) is 3.29. The molecule has 1 aliphatic rings. The van der Waals surface area contributed by atoms with Gasteiger partial charge in [0.15, 0.2) is 17.6 Å². The van der Waals surface area contributed by atoms with Crippen LogP contribution in [0.5, 0.6) is 5.75 Å². The number of methoxy groups -OCH3 is 1. The Balaban J connectivity index is 2.10. The van der Waals surface area contributed by atoms with Crippen LogP contribution in [0.4, 0.5) is 4.39 Å². The van der Waals surface area contributed by atoms with E-state index in [4.69, 9.17) is 14.6 Å². The van der Waals surface area contributed by atoms with Crippen LogP contribution in [0.3, 0.4) is 0 Å². The summed E-state index contributed by atoms with van der Waals surface area (Å²) in [7, 11) is 1.36. The molecule has 2 rings (SSSR count). The van der Waals surface area contributed by atoms with Crippen LogP contribution in [0.25, 0.3) is 6.08 Å². The van der Waals surface area contributed by atoms with Gasteiger partial charge in [-0.15, -0.1) is 0 Å². The molecule has 22 heavy (non-hydrogen) atoms. The van der Waals surface area contributed by atoms with Crippen LogP contribution in [0.15, 0.2) is 24.3 Å². The predicted octanol–water partition coefficient (Wildman–Crippen LogP) is 1.16. The fraction of sp³-hybridized carbons (Fsp3) is 0.333. The minimum Gasteiger partial charge on any atom is -0.494 e. The van der Waals surface area contributed by atoms with Crippen LogP contribution >= 0.6 is 0 Å². The van der Waals surface area contributed by atoms with Crippen molar-refractivity contribution < 1.29 is 28.6 Å². The lowest BCUT2D eigenvalue weighted by atomic mass is 10.1. The first-order valence-electron chi connectivity index (χ1n) is 6.65. The highest BCUT2D eigenvalue weighted by molar-refractivity contribution is 5.94. The average Bonchev–Trinajstić information content (AvgIpc) is 2.52. The minimum absolute atomic E-state index is 0.0356. The zero-order valence-electron chi connectivity index (χ0n) is 12.0. The first-order valence-corrected chi connectivity index (χ1v) is 6.65. The lowest BCUT2D eigenvalue weighted by Crippen LogP contribution is -2.52. The summed E-state index contributed by atoms with van der Waals surface area (Å²) in [6.07, 6.45) is 2.65. The molecule has 1 amide bonds. The summed E-state index contributed by atoms with van der Waals surface area (Å²) >= 11 is 0. The van der Waals surface area contributed by atoms with Crippen molar-refractivity contribution >= 4 is 18.0 Å². The molecule has 1 N–H and O–H groups in total. The van der Waals surface area contributed by atoms with E-state index in [1.807, 2.05) is 0 Å². The predicted molar refractivity (Wildman–Crippen MR) is 75.9 cm³/mol. The van der Waals surface area contributed by atoms with E-state index in [2.05, 4.69) is 0 Å². The molecular weight excluding hydrogens is 293 g/mol. The molecule has 1 atom stereocenters. The van der Waals surface area contributed by atoms with Crippen molar-refractivity contribution in [2.75, 3.05) is 26.9 Å². The van der Waals surface area contributed by atoms with E-state index < -0.39 is 23.7 Å². The lowest BCUT2D eigenvalue weighted by Gasteiger charge is -2.31. The number of aliphatic carboxylic acids is 1. The molecular formula is C15H16FNO5. The number of carbonyl (C=O) groups is 2. The van der Waals surface area contributed by atoms with E-state index in [0.717, 1.165) is 0 Å². The highest BCUT2D eigenvalue weighted by Crippen LogP contribution is 2.18. The maximum atomic E-state index is 13.5. The van der Waals surface area contributed by atoms with Crippen molar-refractivity contribution in [3.05, 3.63) is 35.7 Å². The summed E-state index contributed by atoms with van der Waals surface area (Å²) in [5.74, 6) is -1.99. The molecule has 1 aliphatic heterocycles. The second-order valence-corrected chi connectivity index (χ2v) is 4.69. The van der Waals surface area contributed by atoms with Crippen LogP contribution in [0.2, 0.25) is 0 Å². The Morgan fingerprint density at radius 1 is 1.50 bits per heavy atom. The van der Waals surface area contributed by atoms with Crippen LogP contribution in [-0.2, 0) is 14.3 Å². The van der Waals surface area contributed by atoms with E-state index in [1.165, 1.54) is 36.3 Å². The lowest BCUT2D eigenvalue weighted by molar-refractivity contribution is -0.156. The van der Waals surface area contributed by atoms with Crippen molar-refractivity contribution in [1.82, 2.24) is 4.90 Å². The number of benzene rings is 1. The molecule has 0 radical (unpaired) electrons. The van der Waals surface area contributed by atoms with Gasteiger partial charge in [-0.1, -0.05) is 6.07 Å². The zero-order valence-corrected chi connectivity index (χ0v) is 12.0. The quantitative estimate of drug-likeness (QED) is 0.845. The minimum atomic E-state index is -1.11. The molecule has 6 nitrogen and oxygen atoms in total. The Morgan fingerprint density at radius 3 is 2.91 bits per heavy atom. The maximum absolute atomic E-state index is 13.5. The van der Waals surface area contributed by atoms with Crippen molar-refractivity contribution in [2.45, 2.75) is 6.04 Å². The summed E-state index contributed by atoms with van der Waals surface area (Å²) in [6.45, 7) is 0.462. The monoisotopic (exact) mass is 309 g/mol. The smallest absolute Gasteiger partial charge is 0.328 e. The number of hydrogen-bond acceptors (Lipinski definition) is 4. The molecule has 0 aromatic heterocycles. The molecule has 118 valence electrons. The molecule has 1 unspecified atom stereocenters. The number of ether oxygens (including phenoxy) is 2. The van der Waals surface area contributed by atoms with Crippen molar-refractivity contribution in [3.63, 3.8) is 0 Å². The van der Waals surface area contributed by atoms with Crippen LogP contribution < -0.4 is 4.74 Å². The second-order valence-electron chi connectivity index (χ2n) is 4.69. The number of carboxylic acid groups (broad SMARTS) is 1. The standard InChI is InChI=1S/C15H16FNO5/c1-21-13-4-2-10(8-11(13)16)3-5-14(18)17-6-7-22-9-12(17)15(19)20/h2-5,8,12H,6-7,9H2,1H3,(H,19,20). The second kappa shape index (κ2) is 7.04. The highest BCUT2D eigenvalue weighted by atomic mass is 19.1. The van der Waals surface area contributed by atoms with Crippen molar-refractivity contribution in [3.8, 4) is 5.75 Å². The summed E-state index contributed by atoms with van der Waals surface area (Å²) in [5, 5.41) is 9.08. The maximum Gasteiger partial charge on any atom is 0.328 e. The Morgan fingerprint density at radius 2 is 2.27 bits per heavy atom. The van der Waals surface area contributed by atoms with Gasteiger partial charge in [0, 0.05) is 12.6 Å². The Bertz CT molecular complexity index is 602. The average molecular weight is 309 g/mol. The number of nitrogens with zero attached hydrogens (tertiary/aromatic N) is 1. The van der Waals surface area contributed by atoms with Gasteiger partial charge in [0.1, 0.15) is 0 Å². The largest absolute Gasteiger partial charge is 0.494 e. The number of hydrogen-bond donors (Lipinski definition) is 1. The van der Waals surface area contributed by atoms with Crippen molar-refractivity contribution in [1.29, 1.82) is 0 Å². The van der Waals surface area contributed by atoms with Gasteiger partial charge in [0.05, 0.1) is 20.3 Å². The zero-order chi connectivity index (χ0) is 16.1. The molecule has 1 aromatic rings. The number of morpholine rings is 1. The summed E-state index contributed by atoms with van der Waals surface area (Å²) in [4.78, 5) is 24.4. The van der Waals surface area contributed by atoms with Gasteiger partial charge in [-0.3, -0.25) is 4.79 Å². The van der Waals surface area contributed by atoms with Gasteiger partial charge < -0.3 is 19.5 Å². The molecule has 1 aromatic carbocycles. The first kappa shape index (κ1) is 16.0.